The molecular weight excluding hydrogens is 174 g/mol. The van der Waals surface area contributed by atoms with Crippen LogP contribution in [0.25, 0.3) is 0 Å². The molecule has 0 radical (unpaired) electrons. The Morgan fingerprint density at radius 3 is 1.67 bits per heavy atom. The zero-order valence-electron chi connectivity index (χ0n) is 5.82. The summed E-state index contributed by atoms with van der Waals surface area (Å²) in [5, 5.41) is 0.597. The minimum absolute atomic E-state index is 0.299. The van der Waals surface area contributed by atoms with E-state index < -0.39 is 0 Å². The van der Waals surface area contributed by atoms with E-state index in [-0.39, 0.29) is 0 Å². The fourth-order valence-corrected chi connectivity index (χ4v) is 2.40. The smallest absolute Gasteiger partial charge is 0.0516 e. The van der Waals surface area contributed by atoms with Crippen LogP contribution in [0.2, 0.25) is 0 Å². The molecule has 9 heavy (non-hydrogen) atoms. The molecular formula is C6H13Cl2P. The van der Waals surface area contributed by atoms with E-state index in [9.17, 15) is 0 Å². The lowest BCUT2D eigenvalue weighted by atomic mass is 10.6. The van der Waals surface area contributed by atoms with Crippen molar-refractivity contribution in [1.29, 1.82) is 0 Å². The van der Waals surface area contributed by atoms with E-state index in [0.717, 1.165) is 12.8 Å². The molecule has 0 amide bonds. The molecule has 0 heterocycles. The van der Waals surface area contributed by atoms with Crippen molar-refractivity contribution >= 4 is 31.8 Å². The highest BCUT2D eigenvalue weighted by Gasteiger charge is 2.06. The lowest BCUT2D eigenvalue weighted by Gasteiger charge is -2.09. The molecule has 0 aromatic carbocycles. The summed E-state index contributed by atoms with van der Waals surface area (Å²) in [6.07, 6.45) is 2.06. The molecule has 0 aromatic rings. The van der Waals surface area contributed by atoms with Crippen molar-refractivity contribution in [2.75, 3.05) is 0 Å². The van der Waals surface area contributed by atoms with Gasteiger partial charge in [0.2, 0.25) is 0 Å². The van der Waals surface area contributed by atoms with Gasteiger partial charge in [0, 0.05) is 0 Å². The predicted octanol–water partition coefficient (Wildman–Crippen LogP) is 3.61. The minimum atomic E-state index is 0.299. The van der Waals surface area contributed by atoms with Crippen LogP contribution in [0.3, 0.4) is 0 Å². The van der Waals surface area contributed by atoms with Gasteiger partial charge in [-0.1, -0.05) is 22.4 Å². The standard InChI is InChI=1S/C6H13Cl2P/c1-3-5(7)9-6(8)4-2/h5-6,9H,3-4H2,1-2H3. The average Bonchev–Trinajstić information content (AvgIpc) is 1.87. The van der Waals surface area contributed by atoms with Crippen molar-refractivity contribution in [2.45, 2.75) is 36.9 Å². The third kappa shape index (κ3) is 5.45. The third-order valence-corrected chi connectivity index (χ3v) is 3.99. The minimum Gasteiger partial charge on any atom is -0.118 e. The van der Waals surface area contributed by atoms with Gasteiger partial charge in [0.05, 0.1) is 10.2 Å². The van der Waals surface area contributed by atoms with Gasteiger partial charge in [-0.15, -0.1) is 23.2 Å². The topological polar surface area (TPSA) is 0 Å². The number of halogens is 2. The second kappa shape index (κ2) is 5.77. The highest BCUT2D eigenvalue weighted by molar-refractivity contribution is 7.44. The van der Waals surface area contributed by atoms with Crippen LogP contribution in [0.15, 0.2) is 0 Å². The van der Waals surface area contributed by atoms with E-state index >= 15 is 0 Å². The van der Waals surface area contributed by atoms with Gasteiger partial charge in [-0.05, 0) is 12.8 Å². The third-order valence-electron chi connectivity index (χ3n) is 1.08. The van der Waals surface area contributed by atoms with Crippen LogP contribution >= 0.6 is 31.8 Å². The van der Waals surface area contributed by atoms with Crippen molar-refractivity contribution < 1.29 is 0 Å². The summed E-state index contributed by atoms with van der Waals surface area (Å²) >= 11 is 11.7. The monoisotopic (exact) mass is 186 g/mol. The zero-order chi connectivity index (χ0) is 7.28. The summed E-state index contributed by atoms with van der Waals surface area (Å²) in [5.41, 5.74) is 0. The summed E-state index contributed by atoms with van der Waals surface area (Å²) in [6, 6.07) is 0. The molecule has 0 bridgehead atoms. The van der Waals surface area contributed by atoms with Gasteiger partial charge in [0.25, 0.3) is 0 Å². The number of rotatable bonds is 4. The van der Waals surface area contributed by atoms with Crippen molar-refractivity contribution in [3.63, 3.8) is 0 Å². The van der Waals surface area contributed by atoms with Crippen LogP contribution in [0.1, 0.15) is 26.7 Å². The molecule has 0 aliphatic rings. The van der Waals surface area contributed by atoms with Crippen LogP contribution in [-0.4, -0.2) is 10.2 Å². The molecule has 0 rings (SSSR count). The molecule has 2 unspecified atom stereocenters. The summed E-state index contributed by atoms with van der Waals surface area (Å²) < 4.78 is 0. The second-order valence-corrected chi connectivity index (χ2v) is 5.43. The maximum Gasteiger partial charge on any atom is 0.0516 e. The van der Waals surface area contributed by atoms with Gasteiger partial charge in [-0.2, -0.15) is 0 Å². The summed E-state index contributed by atoms with van der Waals surface area (Å²) in [7, 11) is 0.711. The molecule has 0 saturated carbocycles. The molecule has 0 aliphatic carbocycles. The zero-order valence-corrected chi connectivity index (χ0v) is 8.34. The van der Waals surface area contributed by atoms with Crippen LogP contribution < -0.4 is 0 Å². The lowest BCUT2D eigenvalue weighted by Crippen LogP contribution is -1.93. The molecule has 0 fully saturated rings. The first kappa shape index (κ1) is 10.0. The van der Waals surface area contributed by atoms with E-state index in [2.05, 4.69) is 13.8 Å². The number of hydrogen-bond donors (Lipinski definition) is 0. The van der Waals surface area contributed by atoms with E-state index in [1.54, 1.807) is 0 Å². The quantitative estimate of drug-likeness (QED) is 0.465. The Morgan fingerprint density at radius 2 is 1.44 bits per heavy atom. The molecule has 2 atom stereocenters. The molecule has 0 aliphatic heterocycles. The van der Waals surface area contributed by atoms with Gasteiger partial charge >= 0.3 is 0 Å². The first-order valence-corrected chi connectivity index (χ1v) is 5.27. The Labute approximate surface area is 69.1 Å². The molecule has 0 aromatic heterocycles. The Hall–Kier alpha value is 1.01. The summed E-state index contributed by atoms with van der Waals surface area (Å²) in [4.78, 5) is 0. The molecule has 0 saturated heterocycles. The molecule has 56 valence electrons. The van der Waals surface area contributed by atoms with E-state index in [0.29, 0.717) is 18.8 Å². The van der Waals surface area contributed by atoms with Crippen molar-refractivity contribution in [3.8, 4) is 0 Å². The van der Waals surface area contributed by atoms with Crippen molar-refractivity contribution in [1.82, 2.24) is 0 Å². The van der Waals surface area contributed by atoms with Crippen LogP contribution in [0.5, 0.6) is 0 Å². The first-order valence-electron chi connectivity index (χ1n) is 3.24. The maximum atomic E-state index is 5.87. The van der Waals surface area contributed by atoms with Crippen molar-refractivity contribution in [3.05, 3.63) is 0 Å². The molecule has 0 spiro atoms. The van der Waals surface area contributed by atoms with Gasteiger partial charge in [0.1, 0.15) is 0 Å². The van der Waals surface area contributed by atoms with Gasteiger partial charge < -0.3 is 0 Å². The summed E-state index contributed by atoms with van der Waals surface area (Å²) in [5.74, 6) is 0. The van der Waals surface area contributed by atoms with Crippen LogP contribution in [0.4, 0.5) is 0 Å². The maximum absolute atomic E-state index is 5.87. The van der Waals surface area contributed by atoms with Gasteiger partial charge in [0.15, 0.2) is 0 Å². The highest BCUT2D eigenvalue weighted by Crippen LogP contribution is 2.34. The Bertz CT molecular complexity index is 60.1. The van der Waals surface area contributed by atoms with Crippen LogP contribution in [0, 0.1) is 0 Å². The van der Waals surface area contributed by atoms with Crippen molar-refractivity contribution in [2.24, 2.45) is 0 Å². The van der Waals surface area contributed by atoms with Crippen LogP contribution in [-0.2, 0) is 0 Å². The van der Waals surface area contributed by atoms with E-state index in [4.69, 9.17) is 23.2 Å². The van der Waals surface area contributed by atoms with E-state index in [1.165, 1.54) is 0 Å². The van der Waals surface area contributed by atoms with E-state index in [1.807, 2.05) is 0 Å². The highest BCUT2D eigenvalue weighted by atomic mass is 35.5. The fraction of sp³-hybridized carbons (Fsp3) is 1.00. The fourth-order valence-electron chi connectivity index (χ4n) is 0.432. The largest absolute Gasteiger partial charge is 0.118 e. The lowest BCUT2D eigenvalue weighted by molar-refractivity contribution is 0.999. The molecule has 0 nitrogen and oxygen atoms in total. The Morgan fingerprint density at radius 1 is 1.11 bits per heavy atom. The number of hydrogen-bond acceptors (Lipinski definition) is 0. The summed E-state index contributed by atoms with van der Waals surface area (Å²) in [6.45, 7) is 4.17. The Balaban J connectivity index is 3.22. The van der Waals surface area contributed by atoms with Gasteiger partial charge in [-0.25, -0.2) is 0 Å². The Kier molecular flexibility index (Phi) is 6.42. The predicted molar refractivity (Wildman–Crippen MR) is 48.2 cm³/mol. The first-order chi connectivity index (χ1) is 4.20. The normalized spacial score (nSPS) is 18.7. The second-order valence-electron chi connectivity index (χ2n) is 1.92. The SMILES string of the molecule is CCC(Cl)PC(Cl)CC. The molecule has 3 heteroatoms. The molecule has 0 N–H and O–H groups in total. The average molecular weight is 187 g/mol. The number of alkyl halides is 2. The van der Waals surface area contributed by atoms with Gasteiger partial charge in [-0.3, -0.25) is 0 Å².